The van der Waals surface area contributed by atoms with Gasteiger partial charge in [0, 0.05) is 17.6 Å². The third kappa shape index (κ3) is 3.97. The highest BCUT2D eigenvalue weighted by Crippen LogP contribution is 2.25. The van der Waals surface area contributed by atoms with Crippen LogP contribution in [0.4, 0.5) is 10.5 Å². The lowest BCUT2D eigenvalue weighted by Gasteiger charge is -2.32. The number of likely N-dealkylation sites (tertiary alicyclic amines) is 1. The molecule has 2 rings (SSSR count). The van der Waals surface area contributed by atoms with E-state index in [0.717, 1.165) is 25.9 Å². The Balaban J connectivity index is 2.04. The second kappa shape index (κ2) is 6.93. The van der Waals surface area contributed by atoms with Gasteiger partial charge in [0.1, 0.15) is 0 Å². The van der Waals surface area contributed by atoms with Crippen LogP contribution in [0.25, 0.3) is 0 Å². The van der Waals surface area contributed by atoms with E-state index in [4.69, 9.17) is 5.11 Å². The Morgan fingerprint density at radius 2 is 2.24 bits per heavy atom. The van der Waals surface area contributed by atoms with Crippen LogP contribution in [0.3, 0.4) is 0 Å². The Morgan fingerprint density at radius 1 is 1.48 bits per heavy atom. The van der Waals surface area contributed by atoms with E-state index in [2.05, 4.69) is 28.2 Å². The number of carboxylic acid groups (broad SMARTS) is 1. The van der Waals surface area contributed by atoms with E-state index in [-0.39, 0.29) is 11.6 Å². The van der Waals surface area contributed by atoms with Gasteiger partial charge in [-0.15, -0.1) is 0 Å². The second-order valence-electron chi connectivity index (χ2n) is 5.29. The number of anilines is 1. The van der Waals surface area contributed by atoms with Crippen LogP contribution < -0.4 is 5.32 Å². The zero-order valence-corrected chi connectivity index (χ0v) is 13.5. The number of amides is 2. The quantitative estimate of drug-likeness (QED) is 0.867. The normalized spacial score (nSPS) is 18.4. The van der Waals surface area contributed by atoms with Gasteiger partial charge < -0.3 is 15.3 Å². The highest BCUT2D eigenvalue weighted by Gasteiger charge is 2.23. The fraction of sp³-hybridized carbons (Fsp3) is 0.467. The van der Waals surface area contributed by atoms with Crippen molar-refractivity contribution in [1.29, 1.82) is 0 Å². The lowest BCUT2D eigenvalue weighted by molar-refractivity contribution is 0.0697. The topological polar surface area (TPSA) is 69.6 Å². The number of aromatic carboxylic acids is 1. The smallest absolute Gasteiger partial charge is 0.335 e. The SMILES string of the molecule is CCC1CCCN(C(=O)Nc2ccc(C(=O)O)cc2Br)C1. The summed E-state index contributed by atoms with van der Waals surface area (Å²) in [5.74, 6) is -0.419. The number of carboxylic acids is 1. The van der Waals surface area contributed by atoms with E-state index >= 15 is 0 Å². The molecular formula is C15H19BrN2O3. The number of piperidine rings is 1. The van der Waals surface area contributed by atoms with Crippen molar-refractivity contribution in [2.24, 2.45) is 5.92 Å². The van der Waals surface area contributed by atoms with Crippen molar-refractivity contribution in [3.63, 3.8) is 0 Å². The van der Waals surface area contributed by atoms with Crippen LogP contribution in [-0.2, 0) is 0 Å². The number of hydrogen-bond acceptors (Lipinski definition) is 2. The van der Waals surface area contributed by atoms with Crippen LogP contribution in [-0.4, -0.2) is 35.1 Å². The number of benzene rings is 1. The molecule has 5 nitrogen and oxygen atoms in total. The first-order valence-electron chi connectivity index (χ1n) is 7.10. The van der Waals surface area contributed by atoms with Gasteiger partial charge in [0.2, 0.25) is 0 Å². The Kier molecular flexibility index (Phi) is 5.22. The van der Waals surface area contributed by atoms with E-state index in [1.807, 2.05) is 4.90 Å². The highest BCUT2D eigenvalue weighted by molar-refractivity contribution is 9.10. The minimum Gasteiger partial charge on any atom is -0.478 e. The molecule has 1 aromatic carbocycles. The van der Waals surface area contributed by atoms with Crippen LogP contribution in [0.5, 0.6) is 0 Å². The maximum Gasteiger partial charge on any atom is 0.335 e. The van der Waals surface area contributed by atoms with E-state index < -0.39 is 5.97 Å². The Hall–Kier alpha value is -1.56. The van der Waals surface area contributed by atoms with Crippen molar-refractivity contribution < 1.29 is 14.7 Å². The molecule has 1 unspecified atom stereocenters. The van der Waals surface area contributed by atoms with E-state index in [1.165, 1.54) is 18.6 Å². The highest BCUT2D eigenvalue weighted by atomic mass is 79.9. The number of carbonyl (C=O) groups is 2. The fourth-order valence-electron chi connectivity index (χ4n) is 2.53. The van der Waals surface area contributed by atoms with E-state index in [1.54, 1.807) is 6.07 Å². The Morgan fingerprint density at radius 3 is 2.86 bits per heavy atom. The van der Waals surface area contributed by atoms with Crippen molar-refractivity contribution in [2.75, 3.05) is 18.4 Å². The number of halogens is 1. The van der Waals surface area contributed by atoms with Crippen LogP contribution in [0.15, 0.2) is 22.7 Å². The van der Waals surface area contributed by atoms with Crippen molar-refractivity contribution in [3.8, 4) is 0 Å². The van der Waals surface area contributed by atoms with Crippen molar-refractivity contribution in [3.05, 3.63) is 28.2 Å². The van der Waals surface area contributed by atoms with Crippen molar-refractivity contribution in [1.82, 2.24) is 4.90 Å². The maximum atomic E-state index is 12.3. The number of rotatable bonds is 3. The molecule has 6 heteroatoms. The second-order valence-corrected chi connectivity index (χ2v) is 6.15. The summed E-state index contributed by atoms with van der Waals surface area (Å²) in [4.78, 5) is 25.0. The van der Waals surface area contributed by atoms with Gasteiger partial charge in [-0.25, -0.2) is 9.59 Å². The first-order chi connectivity index (χ1) is 10.0. The van der Waals surface area contributed by atoms with Crippen LogP contribution in [0, 0.1) is 5.92 Å². The standard InChI is InChI=1S/C15H19BrN2O3/c1-2-10-4-3-7-18(9-10)15(21)17-13-6-5-11(14(19)20)8-12(13)16/h5-6,8,10H,2-4,7,9H2,1H3,(H,17,21)(H,19,20). The number of nitrogens with one attached hydrogen (secondary N) is 1. The molecular weight excluding hydrogens is 336 g/mol. The van der Waals surface area contributed by atoms with Gasteiger partial charge in [0.15, 0.2) is 0 Å². The Labute approximate surface area is 132 Å². The zero-order chi connectivity index (χ0) is 15.4. The molecule has 0 radical (unpaired) electrons. The zero-order valence-electron chi connectivity index (χ0n) is 11.9. The summed E-state index contributed by atoms with van der Waals surface area (Å²) in [5.41, 5.74) is 0.771. The van der Waals surface area contributed by atoms with Gasteiger partial charge in [-0.3, -0.25) is 0 Å². The first-order valence-corrected chi connectivity index (χ1v) is 7.89. The van der Waals surface area contributed by atoms with Gasteiger partial charge in [0.05, 0.1) is 11.3 Å². The third-order valence-electron chi connectivity index (χ3n) is 3.84. The monoisotopic (exact) mass is 354 g/mol. The molecule has 0 aliphatic carbocycles. The Bertz CT molecular complexity index is 548. The molecule has 1 heterocycles. The molecule has 2 amide bonds. The summed E-state index contributed by atoms with van der Waals surface area (Å²) in [6.07, 6.45) is 3.29. The molecule has 0 bridgehead atoms. The molecule has 21 heavy (non-hydrogen) atoms. The molecule has 1 aliphatic heterocycles. The predicted molar refractivity (Wildman–Crippen MR) is 84.7 cm³/mol. The summed E-state index contributed by atoms with van der Waals surface area (Å²) >= 11 is 3.30. The van der Waals surface area contributed by atoms with Crippen LogP contribution in [0.1, 0.15) is 36.5 Å². The summed E-state index contributed by atoms with van der Waals surface area (Å²) in [6, 6.07) is 4.45. The summed E-state index contributed by atoms with van der Waals surface area (Å²) in [6.45, 7) is 3.70. The molecule has 1 atom stereocenters. The van der Waals surface area contributed by atoms with Crippen molar-refractivity contribution in [2.45, 2.75) is 26.2 Å². The van der Waals surface area contributed by atoms with Crippen molar-refractivity contribution >= 4 is 33.6 Å². The molecule has 0 saturated carbocycles. The van der Waals surface area contributed by atoms with Gasteiger partial charge >= 0.3 is 12.0 Å². The maximum absolute atomic E-state index is 12.3. The number of carbonyl (C=O) groups excluding carboxylic acids is 1. The first kappa shape index (κ1) is 15.8. The fourth-order valence-corrected chi connectivity index (χ4v) is 3.00. The average Bonchev–Trinajstić information content (AvgIpc) is 2.49. The van der Waals surface area contributed by atoms with Gasteiger partial charge in [-0.05, 0) is 52.9 Å². The number of hydrogen-bond donors (Lipinski definition) is 2. The van der Waals surface area contributed by atoms with E-state index in [0.29, 0.717) is 16.1 Å². The molecule has 0 aromatic heterocycles. The summed E-state index contributed by atoms with van der Waals surface area (Å²) < 4.78 is 0.569. The largest absolute Gasteiger partial charge is 0.478 e. The molecule has 114 valence electrons. The molecule has 1 fully saturated rings. The predicted octanol–water partition coefficient (Wildman–Crippen LogP) is 3.80. The molecule has 1 saturated heterocycles. The molecule has 0 spiro atoms. The number of urea groups is 1. The minimum absolute atomic E-state index is 0.128. The van der Waals surface area contributed by atoms with Gasteiger partial charge in [0.25, 0.3) is 0 Å². The molecule has 2 N–H and O–H groups in total. The lowest BCUT2D eigenvalue weighted by atomic mass is 9.96. The van der Waals surface area contributed by atoms with Gasteiger partial charge in [-0.2, -0.15) is 0 Å². The van der Waals surface area contributed by atoms with E-state index in [9.17, 15) is 9.59 Å². The molecule has 1 aromatic rings. The summed E-state index contributed by atoms with van der Waals surface area (Å²) in [5, 5.41) is 11.8. The third-order valence-corrected chi connectivity index (χ3v) is 4.50. The van der Waals surface area contributed by atoms with Crippen LogP contribution in [0.2, 0.25) is 0 Å². The average molecular weight is 355 g/mol. The van der Waals surface area contributed by atoms with Gasteiger partial charge in [-0.1, -0.05) is 13.3 Å². The van der Waals surface area contributed by atoms with Crippen LogP contribution >= 0.6 is 15.9 Å². The number of nitrogens with zero attached hydrogens (tertiary/aromatic N) is 1. The summed E-state index contributed by atoms with van der Waals surface area (Å²) in [7, 11) is 0. The minimum atomic E-state index is -0.990. The lowest BCUT2D eigenvalue weighted by Crippen LogP contribution is -2.42. The molecule has 1 aliphatic rings.